The predicted molar refractivity (Wildman–Crippen MR) is 71.3 cm³/mol. The fraction of sp³-hybridized carbons (Fsp3) is 0.533. The van der Waals surface area contributed by atoms with Crippen LogP contribution in [0.5, 0.6) is 0 Å². The van der Waals surface area contributed by atoms with Crippen molar-refractivity contribution in [2.24, 2.45) is 5.92 Å². The third-order valence-corrected chi connectivity index (χ3v) is 3.53. The van der Waals surface area contributed by atoms with Crippen molar-refractivity contribution < 1.29 is 9.90 Å². The van der Waals surface area contributed by atoms with Crippen molar-refractivity contribution in [1.82, 2.24) is 4.90 Å². The van der Waals surface area contributed by atoms with Crippen molar-refractivity contribution in [1.29, 1.82) is 0 Å². The summed E-state index contributed by atoms with van der Waals surface area (Å²) in [6.07, 6.45) is 2.26. The number of aliphatic hydroxyl groups excluding tert-OH is 1. The summed E-state index contributed by atoms with van der Waals surface area (Å²) in [5.74, 6) is 0.484. The molecule has 1 amide bonds. The average Bonchev–Trinajstić information content (AvgIpc) is 3.16. The monoisotopic (exact) mass is 247 g/mol. The van der Waals surface area contributed by atoms with Gasteiger partial charge in [0, 0.05) is 13.6 Å². The Balaban J connectivity index is 1.84. The number of rotatable bonds is 5. The second kappa shape index (κ2) is 5.53. The van der Waals surface area contributed by atoms with E-state index in [1.807, 2.05) is 31.2 Å². The molecule has 98 valence electrons. The fourth-order valence-corrected chi connectivity index (χ4v) is 2.03. The molecule has 0 aliphatic heterocycles. The molecule has 2 rings (SSSR count). The summed E-state index contributed by atoms with van der Waals surface area (Å²) in [6.45, 7) is 2.49. The van der Waals surface area contributed by atoms with Gasteiger partial charge in [0.15, 0.2) is 0 Å². The molecular weight excluding hydrogens is 226 g/mol. The van der Waals surface area contributed by atoms with Crippen LogP contribution in [0, 0.1) is 12.8 Å². The first-order valence-corrected chi connectivity index (χ1v) is 6.54. The van der Waals surface area contributed by atoms with Crippen molar-refractivity contribution in [3.63, 3.8) is 0 Å². The van der Waals surface area contributed by atoms with Gasteiger partial charge in [0.2, 0.25) is 5.91 Å². The van der Waals surface area contributed by atoms with Crippen molar-refractivity contribution in [3.8, 4) is 0 Å². The number of amides is 1. The lowest BCUT2D eigenvalue weighted by molar-refractivity contribution is -0.130. The first kappa shape index (κ1) is 13.1. The van der Waals surface area contributed by atoms with E-state index in [-0.39, 0.29) is 12.0 Å². The molecule has 1 aromatic rings. The summed E-state index contributed by atoms with van der Waals surface area (Å²) in [7, 11) is 1.77. The van der Waals surface area contributed by atoms with Crippen molar-refractivity contribution >= 4 is 5.91 Å². The maximum atomic E-state index is 12.0. The van der Waals surface area contributed by atoms with Crippen LogP contribution >= 0.6 is 0 Å². The molecule has 1 atom stereocenters. The average molecular weight is 247 g/mol. The number of aryl methyl sites for hydroxylation is 1. The fourth-order valence-electron chi connectivity index (χ4n) is 2.03. The summed E-state index contributed by atoms with van der Waals surface area (Å²) in [5, 5.41) is 9.82. The Morgan fingerprint density at radius 3 is 2.56 bits per heavy atom. The van der Waals surface area contributed by atoms with Crippen LogP contribution in [0.2, 0.25) is 0 Å². The summed E-state index contributed by atoms with van der Waals surface area (Å²) in [4.78, 5) is 13.6. The molecule has 0 bridgehead atoms. The summed E-state index contributed by atoms with van der Waals surface area (Å²) >= 11 is 0. The van der Waals surface area contributed by atoms with E-state index in [0.29, 0.717) is 18.9 Å². The van der Waals surface area contributed by atoms with Gasteiger partial charge in [-0.15, -0.1) is 0 Å². The van der Waals surface area contributed by atoms with Crippen molar-refractivity contribution in [2.75, 3.05) is 13.6 Å². The van der Waals surface area contributed by atoms with E-state index in [1.165, 1.54) is 5.56 Å². The van der Waals surface area contributed by atoms with Gasteiger partial charge in [-0.3, -0.25) is 4.79 Å². The van der Waals surface area contributed by atoms with E-state index < -0.39 is 0 Å². The van der Waals surface area contributed by atoms with E-state index in [2.05, 4.69) is 0 Å². The summed E-state index contributed by atoms with van der Waals surface area (Å²) in [5.41, 5.74) is 2.22. The molecule has 3 heteroatoms. The minimum Gasteiger partial charge on any atom is -0.391 e. The van der Waals surface area contributed by atoms with E-state index in [1.54, 1.807) is 11.9 Å². The number of carbonyl (C=O) groups is 1. The van der Waals surface area contributed by atoms with Crippen LogP contribution < -0.4 is 0 Å². The second-order valence-corrected chi connectivity index (χ2v) is 5.34. The van der Waals surface area contributed by atoms with Gasteiger partial charge in [-0.05, 0) is 31.2 Å². The lowest BCUT2D eigenvalue weighted by Gasteiger charge is -2.20. The van der Waals surface area contributed by atoms with Crippen LogP contribution in [-0.4, -0.2) is 35.6 Å². The summed E-state index contributed by atoms with van der Waals surface area (Å²) < 4.78 is 0. The number of nitrogens with zero attached hydrogens (tertiary/aromatic N) is 1. The molecule has 1 saturated carbocycles. The largest absolute Gasteiger partial charge is 0.391 e. The van der Waals surface area contributed by atoms with Gasteiger partial charge in [-0.25, -0.2) is 0 Å². The molecule has 3 nitrogen and oxygen atoms in total. The molecule has 1 fully saturated rings. The van der Waals surface area contributed by atoms with Gasteiger partial charge in [0.05, 0.1) is 12.5 Å². The van der Waals surface area contributed by atoms with Gasteiger partial charge >= 0.3 is 0 Å². The Kier molecular flexibility index (Phi) is 4.02. The zero-order valence-electron chi connectivity index (χ0n) is 11.1. The molecule has 0 aromatic heterocycles. The van der Waals surface area contributed by atoms with Crippen LogP contribution in [0.1, 0.15) is 24.0 Å². The molecule has 1 aliphatic carbocycles. The molecule has 18 heavy (non-hydrogen) atoms. The molecular formula is C15H21NO2. The van der Waals surface area contributed by atoms with Gasteiger partial charge in [-0.1, -0.05) is 29.8 Å². The zero-order valence-corrected chi connectivity index (χ0v) is 11.1. The Morgan fingerprint density at radius 1 is 1.39 bits per heavy atom. The maximum Gasteiger partial charge on any atom is 0.226 e. The highest BCUT2D eigenvalue weighted by molar-refractivity contribution is 5.78. The third kappa shape index (κ3) is 3.57. The minimum absolute atomic E-state index is 0.0681. The van der Waals surface area contributed by atoms with Gasteiger partial charge in [-0.2, -0.15) is 0 Å². The highest BCUT2D eigenvalue weighted by Gasteiger charge is 2.31. The Labute approximate surface area is 108 Å². The van der Waals surface area contributed by atoms with Crippen LogP contribution in [0.15, 0.2) is 24.3 Å². The standard InChI is InChI=1S/C15H21NO2/c1-11-3-5-12(6-4-11)9-15(18)16(2)10-14(17)13-7-8-13/h3-6,13-14,17H,7-10H2,1-2H3. The quantitative estimate of drug-likeness (QED) is 0.861. The highest BCUT2D eigenvalue weighted by Crippen LogP contribution is 2.32. The van der Waals surface area contributed by atoms with Gasteiger partial charge < -0.3 is 10.0 Å². The molecule has 1 N–H and O–H groups in total. The van der Waals surface area contributed by atoms with E-state index >= 15 is 0 Å². The van der Waals surface area contributed by atoms with Crippen LogP contribution in [0.25, 0.3) is 0 Å². The SMILES string of the molecule is Cc1ccc(CC(=O)N(C)CC(O)C2CC2)cc1. The molecule has 0 radical (unpaired) electrons. The van der Waals surface area contributed by atoms with Crippen LogP contribution in [0.4, 0.5) is 0 Å². The van der Waals surface area contributed by atoms with E-state index in [0.717, 1.165) is 18.4 Å². The molecule has 1 aliphatic rings. The zero-order chi connectivity index (χ0) is 13.1. The van der Waals surface area contributed by atoms with Crippen LogP contribution in [-0.2, 0) is 11.2 Å². The first-order valence-electron chi connectivity index (χ1n) is 6.54. The Hall–Kier alpha value is -1.35. The van der Waals surface area contributed by atoms with E-state index in [9.17, 15) is 9.90 Å². The lowest BCUT2D eigenvalue weighted by Crippen LogP contribution is -2.36. The number of aliphatic hydroxyl groups is 1. The van der Waals surface area contributed by atoms with Crippen molar-refractivity contribution in [2.45, 2.75) is 32.3 Å². The number of benzene rings is 1. The molecule has 0 spiro atoms. The lowest BCUT2D eigenvalue weighted by atomic mass is 10.1. The van der Waals surface area contributed by atoms with Gasteiger partial charge in [0.1, 0.15) is 0 Å². The molecule has 1 aromatic carbocycles. The second-order valence-electron chi connectivity index (χ2n) is 5.34. The highest BCUT2D eigenvalue weighted by atomic mass is 16.3. The Morgan fingerprint density at radius 2 is 2.00 bits per heavy atom. The third-order valence-electron chi connectivity index (χ3n) is 3.53. The number of hydrogen-bond donors (Lipinski definition) is 1. The van der Waals surface area contributed by atoms with Gasteiger partial charge in [0.25, 0.3) is 0 Å². The number of carbonyl (C=O) groups excluding carboxylic acids is 1. The normalized spacial score (nSPS) is 16.4. The first-order chi connectivity index (χ1) is 8.56. The maximum absolute atomic E-state index is 12.0. The van der Waals surface area contributed by atoms with E-state index in [4.69, 9.17) is 0 Å². The Bertz CT molecular complexity index is 409. The number of hydrogen-bond acceptors (Lipinski definition) is 2. The topological polar surface area (TPSA) is 40.5 Å². The van der Waals surface area contributed by atoms with Crippen molar-refractivity contribution in [3.05, 3.63) is 35.4 Å². The summed E-state index contributed by atoms with van der Waals surface area (Å²) in [6, 6.07) is 8.00. The smallest absolute Gasteiger partial charge is 0.226 e. The molecule has 0 saturated heterocycles. The predicted octanol–water partition coefficient (Wildman–Crippen LogP) is 1.77. The van der Waals surface area contributed by atoms with Crippen LogP contribution in [0.3, 0.4) is 0 Å². The molecule has 0 heterocycles. The minimum atomic E-state index is -0.350. The number of likely N-dealkylation sites (N-methyl/N-ethyl adjacent to an activating group) is 1. The molecule has 1 unspecified atom stereocenters.